The van der Waals surface area contributed by atoms with Crippen molar-refractivity contribution in [1.82, 2.24) is 24.5 Å². The summed E-state index contributed by atoms with van der Waals surface area (Å²) in [4.78, 5) is 29.3. The number of carbonyl (C=O) groups is 1. The van der Waals surface area contributed by atoms with E-state index in [0.717, 1.165) is 12.8 Å². The molecule has 0 atom stereocenters. The molecule has 2 N–H and O–H groups in total. The maximum absolute atomic E-state index is 11.2. The molecule has 0 aromatic carbocycles. The first-order valence-corrected chi connectivity index (χ1v) is 6.91. The average Bonchev–Trinajstić information content (AvgIpc) is 2.96. The fourth-order valence-electron chi connectivity index (χ4n) is 1.75. The number of unbranched alkanes of at least 4 members (excludes halogenated alkanes) is 1. The molecule has 2 aromatic rings. The SMILES string of the molecule is CCCCN(CC(N)=O)c1nc(Cl)nc(-n2ccnc2)n1. The number of halogens is 1. The Kier molecular flexibility index (Phi) is 5.04. The third-order valence-corrected chi connectivity index (χ3v) is 2.90. The predicted molar refractivity (Wildman–Crippen MR) is 78.3 cm³/mol. The minimum absolute atomic E-state index is 0.0315. The smallest absolute Gasteiger partial charge is 0.241 e. The Hall–Kier alpha value is -2.22. The van der Waals surface area contributed by atoms with Crippen LogP contribution >= 0.6 is 11.6 Å². The van der Waals surface area contributed by atoms with Crippen LogP contribution < -0.4 is 10.6 Å². The average molecular weight is 310 g/mol. The normalized spacial score (nSPS) is 10.6. The molecule has 0 saturated carbocycles. The summed E-state index contributed by atoms with van der Waals surface area (Å²) in [6, 6.07) is 0. The number of carbonyl (C=O) groups excluding carboxylic acids is 1. The molecule has 1 amide bonds. The molecule has 112 valence electrons. The van der Waals surface area contributed by atoms with Crippen molar-refractivity contribution in [3.8, 4) is 5.95 Å². The number of amides is 1. The van der Waals surface area contributed by atoms with Gasteiger partial charge in [0.05, 0.1) is 6.54 Å². The van der Waals surface area contributed by atoms with Gasteiger partial charge in [-0.05, 0) is 18.0 Å². The Balaban J connectivity index is 2.33. The number of anilines is 1. The number of aromatic nitrogens is 5. The number of primary amides is 1. The fourth-order valence-corrected chi connectivity index (χ4v) is 1.90. The van der Waals surface area contributed by atoms with E-state index in [-0.39, 0.29) is 11.8 Å². The lowest BCUT2D eigenvalue weighted by Gasteiger charge is -2.21. The molecule has 2 rings (SSSR count). The third kappa shape index (κ3) is 4.12. The van der Waals surface area contributed by atoms with Crippen molar-refractivity contribution in [3.05, 3.63) is 24.0 Å². The van der Waals surface area contributed by atoms with Gasteiger partial charge in [-0.15, -0.1) is 0 Å². The molecule has 0 bridgehead atoms. The van der Waals surface area contributed by atoms with Gasteiger partial charge in [0.25, 0.3) is 0 Å². The zero-order chi connectivity index (χ0) is 15.2. The van der Waals surface area contributed by atoms with Gasteiger partial charge in [0, 0.05) is 18.9 Å². The molecule has 8 nitrogen and oxygen atoms in total. The van der Waals surface area contributed by atoms with Gasteiger partial charge in [-0.2, -0.15) is 15.0 Å². The molecule has 0 aliphatic carbocycles. The lowest BCUT2D eigenvalue weighted by atomic mass is 10.3. The molecule has 0 saturated heterocycles. The van der Waals surface area contributed by atoms with E-state index >= 15 is 0 Å². The van der Waals surface area contributed by atoms with Crippen molar-refractivity contribution in [1.29, 1.82) is 0 Å². The molecule has 0 fully saturated rings. The summed E-state index contributed by atoms with van der Waals surface area (Å²) < 4.78 is 1.61. The number of nitrogens with two attached hydrogens (primary N) is 1. The molecule has 9 heteroatoms. The highest BCUT2D eigenvalue weighted by atomic mass is 35.5. The lowest BCUT2D eigenvalue weighted by Crippen LogP contribution is -2.36. The zero-order valence-electron chi connectivity index (χ0n) is 11.6. The molecule has 2 aromatic heterocycles. The van der Waals surface area contributed by atoms with Crippen molar-refractivity contribution in [2.75, 3.05) is 18.0 Å². The van der Waals surface area contributed by atoms with E-state index in [2.05, 4.69) is 26.9 Å². The summed E-state index contributed by atoms with van der Waals surface area (Å²) >= 11 is 5.94. The molecule has 0 aliphatic rings. The first kappa shape index (κ1) is 15.2. The summed E-state index contributed by atoms with van der Waals surface area (Å²) in [5, 5.41) is 0.0506. The minimum Gasteiger partial charge on any atom is -0.368 e. The van der Waals surface area contributed by atoms with Crippen LogP contribution in [0.5, 0.6) is 0 Å². The summed E-state index contributed by atoms with van der Waals surface area (Å²) in [5.74, 6) is 0.214. The maximum atomic E-state index is 11.2. The number of nitrogens with zero attached hydrogens (tertiary/aromatic N) is 6. The van der Waals surface area contributed by atoms with E-state index in [4.69, 9.17) is 17.3 Å². The van der Waals surface area contributed by atoms with Gasteiger partial charge in [-0.25, -0.2) is 4.98 Å². The minimum atomic E-state index is -0.452. The van der Waals surface area contributed by atoms with Gasteiger partial charge in [-0.1, -0.05) is 13.3 Å². The number of hydrogen-bond acceptors (Lipinski definition) is 6. The van der Waals surface area contributed by atoms with Crippen LogP contribution in [-0.2, 0) is 4.79 Å². The zero-order valence-corrected chi connectivity index (χ0v) is 12.4. The van der Waals surface area contributed by atoms with Crippen molar-refractivity contribution in [2.24, 2.45) is 5.73 Å². The molecule has 0 unspecified atom stereocenters. The monoisotopic (exact) mass is 309 g/mol. The lowest BCUT2D eigenvalue weighted by molar-refractivity contribution is -0.116. The van der Waals surface area contributed by atoms with E-state index in [1.54, 1.807) is 28.2 Å². The van der Waals surface area contributed by atoms with Crippen LogP contribution in [-0.4, -0.2) is 43.5 Å². The topological polar surface area (TPSA) is 103 Å². The Bertz CT molecular complexity index is 602. The Labute approximate surface area is 127 Å². The van der Waals surface area contributed by atoms with Crippen LogP contribution in [0.3, 0.4) is 0 Å². The van der Waals surface area contributed by atoms with Gasteiger partial charge < -0.3 is 10.6 Å². The Morgan fingerprint density at radius 2 is 2.24 bits per heavy atom. The second kappa shape index (κ2) is 6.98. The van der Waals surface area contributed by atoms with Gasteiger partial charge in [0.1, 0.15) is 6.33 Å². The highest BCUT2D eigenvalue weighted by Crippen LogP contribution is 2.14. The van der Waals surface area contributed by atoms with Crippen molar-refractivity contribution in [2.45, 2.75) is 19.8 Å². The van der Waals surface area contributed by atoms with Crippen LogP contribution in [0, 0.1) is 0 Å². The molecular weight excluding hydrogens is 294 g/mol. The highest BCUT2D eigenvalue weighted by molar-refractivity contribution is 6.28. The van der Waals surface area contributed by atoms with Crippen LogP contribution in [0.1, 0.15) is 19.8 Å². The quantitative estimate of drug-likeness (QED) is 0.811. The van der Waals surface area contributed by atoms with Gasteiger partial charge in [0.15, 0.2) is 0 Å². The summed E-state index contributed by atoms with van der Waals surface area (Å²) in [6.45, 7) is 2.70. The van der Waals surface area contributed by atoms with Gasteiger partial charge >= 0.3 is 0 Å². The maximum Gasteiger partial charge on any atom is 0.241 e. The van der Waals surface area contributed by atoms with Gasteiger partial charge in [0.2, 0.25) is 23.1 Å². The number of hydrogen-bond donors (Lipinski definition) is 1. The first-order valence-electron chi connectivity index (χ1n) is 6.53. The van der Waals surface area contributed by atoms with E-state index in [1.807, 2.05) is 0 Å². The second-order valence-electron chi connectivity index (χ2n) is 4.42. The summed E-state index contributed by atoms with van der Waals surface area (Å²) in [5.41, 5.74) is 5.27. The van der Waals surface area contributed by atoms with Gasteiger partial charge in [-0.3, -0.25) is 9.36 Å². The Morgan fingerprint density at radius 3 is 2.86 bits per heavy atom. The van der Waals surface area contributed by atoms with Crippen LogP contribution in [0.25, 0.3) is 5.95 Å². The predicted octanol–water partition coefficient (Wildman–Crippen LogP) is 0.802. The van der Waals surface area contributed by atoms with E-state index in [0.29, 0.717) is 18.4 Å². The van der Waals surface area contributed by atoms with Crippen LogP contribution in [0.15, 0.2) is 18.7 Å². The van der Waals surface area contributed by atoms with Crippen molar-refractivity contribution < 1.29 is 4.79 Å². The molecule has 0 aliphatic heterocycles. The largest absolute Gasteiger partial charge is 0.368 e. The summed E-state index contributed by atoms with van der Waals surface area (Å²) in [7, 11) is 0. The molecule has 2 heterocycles. The van der Waals surface area contributed by atoms with Crippen LogP contribution in [0.4, 0.5) is 5.95 Å². The highest BCUT2D eigenvalue weighted by Gasteiger charge is 2.15. The molecular formula is C12H16ClN7O. The fraction of sp³-hybridized carbons (Fsp3) is 0.417. The Morgan fingerprint density at radius 1 is 1.43 bits per heavy atom. The molecule has 0 spiro atoms. The van der Waals surface area contributed by atoms with Crippen LogP contribution in [0.2, 0.25) is 5.28 Å². The summed E-state index contributed by atoms with van der Waals surface area (Å²) in [6.07, 6.45) is 6.72. The molecule has 0 radical (unpaired) electrons. The molecule has 21 heavy (non-hydrogen) atoms. The van der Waals surface area contributed by atoms with E-state index < -0.39 is 5.91 Å². The first-order chi connectivity index (χ1) is 10.1. The van der Waals surface area contributed by atoms with Crippen molar-refractivity contribution in [3.63, 3.8) is 0 Å². The standard InChI is InChI=1S/C12H16ClN7O/c1-2-3-5-19(7-9(14)21)11-16-10(13)17-12(18-11)20-6-4-15-8-20/h4,6,8H,2-3,5,7H2,1H3,(H2,14,21). The second-order valence-corrected chi connectivity index (χ2v) is 4.75. The number of rotatable bonds is 7. The van der Waals surface area contributed by atoms with E-state index in [1.165, 1.54) is 0 Å². The van der Waals surface area contributed by atoms with Crippen molar-refractivity contribution >= 4 is 23.5 Å². The third-order valence-electron chi connectivity index (χ3n) is 2.73. The number of imidazole rings is 1. The van der Waals surface area contributed by atoms with E-state index in [9.17, 15) is 4.79 Å².